The molecule has 6 nitrogen and oxygen atoms in total. The Bertz CT molecular complexity index is 997. The summed E-state index contributed by atoms with van der Waals surface area (Å²) in [6.45, 7) is 3.71. The smallest absolute Gasteiger partial charge is 0.240 e. The normalized spacial score (nSPS) is 11.6. The maximum Gasteiger partial charge on any atom is 0.240 e. The topological polar surface area (TPSA) is 76.0 Å². The molecule has 28 heavy (non-hydrogen) atoms. The zero-order valence-corrected chi connectivity index (χ0v) is 17.0. The van der Waals surface area contributed by atoms with Crippen LogP contribution in [-0.2, 0) is 23.6 Å². The fourth-order valence-electron chi connectivity index (χ4n) is 2.95. The van der Waals surface area contributed by atoms with Crippen molar-refractivity contribution >= 4 is 10.0 Å². The molecule has 148 valence electrons. The maximum absolute atomic E-state index is 12.3. The molecule has 0 aliphatic rings. The molecule has 0 fully saturated rings. The monoisotopic (exact) mass is 398 g/mol. The van der Waals surface area contributed by atoms with E-state index in [0.29, 0.717) is 31.0 Å². The van der Waals surface area contributed by atoms with Crippen LogP contribution in [0.1, 0.15) is 17.5 Å². The van der Waals surface area contributed by atoms with Gasteiger partial charge in [-0.05, 0) is 32.0 Å². The first kappa shape index (κ1) is 20.3. The van der Waals surface area contributed by atoms with E-state index in [4.69, 9.17) is 0 Å². The molecular weight excluding hydrogens is 372 g/mol. The zero-order valence-electron chi connectivity index (χ0n) is 16.2. The van der Waals surface area contributed by atoms with Gasteiger partial charge in [-0.1, -0.05) is 48.0 Å². The van der Waals surface area contributed by atoms with Crippen LogP contribution in [0.25, 0.3) is 11.3 Å². The quantitative estimate of drug-likeness (QED) is 0.544. The lowest BCUT2D eigenvalue weighted by Gasteiger charge is -2.08. The minimum atomic E-state index is -3.45. The van der Waals surface area contributed by atoms with Crippen LogP contribution in [-0.4, -0.2) is 31.3 Å². The van der Waals surface area contributed by atoms with Crippen LogP contribution in [0.4, 0.5) is 0 Å². The Labute approximate surface area is 166 Å². The van der Waals surface area contributed by atoms with Crippen molar-refractivity contribution in [1.29, 1.82) is 0 Å². The first-order chi connectivity index (χ1) is 13.5. The average Bonchev–Trinajstić information content (AvgIpc) is 3.06. The second-order valence-corrected chi connectivity index (χ2v) is 8.55. The van der Waals surface area contributed by atoms with E-state index in [-0.39, 0.29) is 0 Å². The van der Waals surface area contributed by atoms with Gasteiger partial charge in [-0.3, -0.25) is 4.68 Å². The Kier molecular flexibility index (Phi) is 6.61. The molecule has 0 amide bonds. The lowest BCUT2D eigenvalue weighted by Crippen LogP contribution is -2.27. The van der Waals surface area contributed by atoms with Gasteiger partial charge in [-0.25, -0.2) is 13.1 Å². The SMILES string of the molecule is Cc1ccc(S(=O)(=O)NCCCNCc2cn(C)nc2-c2ccccc2)cc1. The van der Waals surface area contributed by atoms with Crippen molar-refractivity contribution in [2.45, 2.75) is 24.8 Å². The number of nitrogens with zero attached hydrogens (tertiary/aromatic N) is 2. The van der Waals surface area contributed by atoms with Crippen molar-refractivity contribution in [3.05, 3.63) is 71.9 Å². The summed E-state index contributed by atoms with van der Waals surface area (Å²) < 4.78 is 29.0. The molecule has 0 saturated heterocycles. The van der Waals surface area contributed by atoms with E-state index in [1.165, 1.54) is 0 Å². The number of hydrogen-bond donors (Lipinski definition) is 2. The van der Waals surface area contributed by atoms with E-state index in [2.05, 4.69) is 15.1 Å². The molecule has 0 saturated carbocycles. The Morgan fingerprint density at radius 2 is 1.71 bits per heavy atom. The predicted octanol–water partition coefficient (Wildman–Crippen LogP) is 2.85. The lowest BCUT2D eigenvalue weighted by molar-refractivity contribution is 0.573. The minimum absolute atomic E-state index is 0.300. The van der Waals surface area contributed by atoms with Crippen molar-refractivity contribution in [3.63, 3.8) is 0 Å². The second kappa shape index (κ2) is 9.14. The summed E-state index contributed by atoms with van der Waals surface area (Å²) >= 11 is 0. The van der Waals surface area contributed by atoms with Gasteiger partial charge in [0.15, 0.2) is 0 Å². The van der Waals surface area contributed by atoms with Crippen LogP contribution in [0, 0.1) is 6.92 Å². The van der Waals surface area contributed by atoms with Crippen LogP contribution in [0.3, 0.4) is 0 Å². The molecule has 1 heterocycles. The number of benzene rings is 2. The summed E-state index contributed by atoms with van der Waals surface area (Å²) in [6.07, 6.45) is 2.71. The first-order valence-electron chi connectivity index (χ1n) is 9.31. The van der Waals surface area contributed by atoms with Gasteiger partial charge in [0.05, 0.1) is 10.6 Å². The number of rotatable bonds is 9. The van der Waals surface area contributed by atoms with Crippen LogP contribution >= 0.6 is 0 Å². The van der Waals surface area contributed by atoms with Crippen LogP contribution in [0.15, 0.2) is 65.7 Å². The lowest BCUT2D eigenvalue weighted by atomic mass is 10.1. The van der Waals surface area contributed by atoms with Gasteiger partial charge < -0.3 is 5.32 Å². The molecule has 0 aliphatic heterocycles. The molecule has 2 N–H and O–H groups in total. The van der Waals surface area contributed by atoms with Crippen molar-refractivity contribution in [1.82, 2.24) is 19.8 Å². The number of sulfonamides is 1. The largest absolute Gasteiger partial charge is 0.312 e. The summed E-state index contributed by atoms with van der Waals surface area (Å²) in [5.74, 6) is 0. The molecule has 3 rings (SSSR count). The van der Waals surface area contributed by atoms with E-state index in [0.717, 1.165) is 22.4 Å². The van der Waals surface area contributed by atoms with Crippen molar-refractivity contribution in [3.8, 4) is 11.3 Å². The van der Waals surface area contributed by atoms with E-state index in [9.17, 15) is 8.42 Å². The van der Waals surface area contributed by atoms with E-state index >= 15 is 0 Å². The average molecular weight is 399 g/mol. The molecule has 0 unspecified atom stereocenters. The molecule has 0 bridgehead atoms. The van der Waals surface area contributed by atoms with Gasteiger partial charge in [-0.2, -0.15) is 5.10 Å². The number of hydrogen-bond acceptors (Lipinski definition) is 4. The molecular formula is C21H26N4O2S. The van der Waals surface area contributed by atoms with Crippen LogP contribution < -0.4 is 10.0 Å². The predicted molar refractivity (Wildman–Crippen MR) is 111 cm³/mol. The summed E-state index contributed by atoms with van der Waals surface area (Å²) in [6, 6.07) is 16.9. The van der Waals surface area contributed by atoms with E-state index in [1.54, 1.807) is 24.3 Å². The molecule has 0 atom stereocenters. The fourth-order valence-corrected chi connectivity index (χ4v) is 4.02. The Morgan fingerprint density at radius 3 is 2.43 bits per heavy atom. The highest BCUT2D eigenvalue weighted by atomic mass is 32.2. The van der Waals surface area contributed by atoms with Crippen molar-refractivity contribution in [2.75, 3.05) is 13.1 Å². The minimum Gasteiger partial charge on any atom is -0.312 e. The standard InChI is InChI=1S/C21H26N4O2S/c1-17-9-11-20(12-10-17)28(26,27)23-14-6-13-22-15-19-16-25(2)24-21(19)18-7-4-3-5-8-18/h3-5,7-12,16,22-23H,6,13-15H2,1-2H3. The van der Waals surface area contributed by atoms with Gasteiger partial charge in [0.2, 0.25) is 10.0 Å². The zero-order chi connectivity index (χ0) is 20.0. The molecule has 1 aromatic heterocycles. The third-order valence-electron chi connectivity index (χ3n) is 4.42. The fraction of sp³-hybridized carbons (Fsp3) is 0.286. The van der Waals surface area contributed by atoms with Crippen LogP contribution in [0.2, 0.25) is 0 Å². The van der Waals surface area contributed by atoms with Crippen molar-refractivity contribution in [2.24, 2.45) is 7.05 Å². The van der Waals surface area contributed by atoms with Crippen LogP contribution in [0.5, 0.6) is 0 Å². The summed E-state index contributed by atoms with van der Waals surface area (Å²) in [4.78, 5) is 0.300. The van der Waals surface area contributed by atoms with Gasteiger partial charge in [0.1, 0.15) is 0 Å². The number of aromatic nitrogens is 2. The highest BCUT2D eigenvalue weighted by Gasteiger charge is 2.13. The summed E-state index contributed by atoms with van der Waals surface area (Å²) in [7, 11) is -1.53. The third kappa shape index (κ3) is 5.28. The molecule has 7 heteroatoms. The number of aryl methyl sites for hydroxylation is 2. The van der Waals surface area contributed by atoms with Crippen molar-refractivity contribution < 1.29 is 8.42 Å². The molecule has 2 aromatic carbocycles. The highest BCUT2D eigenvalue weighted by molar-refractivity contribution is 7.89. The first-order valence-corrected chi connectivity index (χ1v) is 10.8. The van der Waals surface area contributed by atoms with E-state index in [1.807, 2.05) is 55.2 Å². The van der Waals surface area contributed by atoms with E-state index < -0.39 is 10.0 Å². The summed E-state index contributed by atoms with van der Waals surface area (Å²) in [5.41, 5.74) is 4.21. The molecule has 0 aliphatic carbocycles. The molecule has 0 radical (unpaired) electrons. The third-order valence-corrected chi connectivity index (χ3v) is 5.90. The molecule has 0 spiro atoms. The van der Waals surface area contributed by atoms with Gasteiger partial charge in [0, 0.05) is 37.5 Å². The van der Waals surface area contributed by atoms with Gasteiger partial charge in [0.25, 0.3) is 0 Å². The Hall–Kier alpha value is -2.48. The van der Waals surface area contributed by atoms with Gasteiger partial charge >= 0.3 is 0 Å². The summed E-state index contributed by atoms with van der Waals surface area (Å²) in [5, 5.41) is 7.92. The Morgan fingerprint density at radius 1 is 1.00 bits per heavy atom. The Balaban J connectivity index is 1.46. The second-order valence-electron chi connectivity index (χ2n) is 6.78. The molecule has 3 aromatic rings. The van der Waals surface area contributed by atoms with Gasteiger partial charge in [-0.15, -0.1) is 0 Å². The maximum atomic E-state index is 12.3. The highest BCUT2D eigenvalue weighted by Crippen LogP contribution is 2.21. The number of nitrogens with one attached hydrogen (secondary N) is 2.